The van der Waals surface area contributed by atoms with Gasteiger partial charge in [-0.3, -0.25) is 0 Å². The fourth-order valence-corrected chi connectivity index (χ4v) is 2.91. The number of carbonyl (C=O) groups excluding carboxylic acids is 1. The number of ether oxygens (including phenoxy) is 2. The van der Waals surface area contributed by atoms with Gasteiger partial charge in [0.15, 0.2) is 9.84 Å². The Kier molecular flexibility index (Phi) is 5.41. The van der Waals surface area contributed by atoms with Crippen LogP contribution in [0, 0.1) is 0 Å². The lowest BCUT2D eigenvalue weighted by molar-refractivity contribution is 0.0600. The topological polar surface area (TPSA) is 69.7 Å². The van der Waals surface area contributed by atoms with Crippen LogP contribution in [0.25, 0.3) is 6.08 Å². The Morgan fingerprint density at radius 1 is 1.08 bits per heavy atom. The predicted octanol–water partition coefficient (Wildman–Crippen LogP) is 3.70. The Hall–Kier alpha value is -2.60. The Bertz CT molecular complexity index is 865. The zero-order valence-corrected chi connectivity index (χ0v) is 14.5. The average Bonchev–Trinajstić information content (AvgIpc) is 2.55. The van der Waals surface area contributed by atoms with Gasteiger partial charge in [0.25, 0.3) is 0 Å². The van der Waals surface area contributed by atoms with Crippen molar-refractivity contribution in [2.45, 2.75) is 11.8 Å². The smallest absolute Gasteiger partial charge is 0.337 e. The van der Waals surface area contributed by atoms with E-state index < -0.39 is 15.8 Å². The van der Waals surface area contributed by atoms with Gasteiger partial charge in [-0.1, -0.05) is 24.3 Å². The van der Waals surface area contributed by atoms with Gasteiger partial charge in [-0.15, -0.1) is 0 Å². The molecule has 0 bridgehead atoms. The number of hydrogen-bond donors (Lipinski definition) is 0. The minimum atomic E-state index is -3.58. The molecule has 0 aliphatic heterocycles. The quantitative estimate of drug-likeness (QED) is 0.772. The Morgan fingerprint density at radius 3 is 2.29 bits per heavy atom. The molecule has 6 heteroatoms. The van der Waals surface area contributed by atoms with Crippen LogP contribution >= 0.6 is 0 Å². The third-order valence-corrected chi connectivity index (χ3v) is 4.35. The van der Waals surface area contributed by atoms with E-state index in [0.29, 0.717) is 5.75 Å². The maximum absolute atomic E-state index is 12.0. The molecule has 0 saturated heterocycles. The molecule has 0 amide bonds. The molecule has 126 valence electrons. The van der Waals surface area contributed by atoms with E-state index in [9.17, 15) is 13.2 Å². The first kappa shape index (κ1) is 17.7. The summed E-state index contributed by atoms with van der Waals surface area (Å²) in [5, 5.41) is 0. The molecule has 0 spiro atoms. The molecule has 0 saturated carbocycles. The third kappa shape index (κ3) is 4.23. The van der Waals surface area contributed by atoms with E-state index in [1.54, 1.807) is 12.1 Å². The molecule has 0 aliphatic carbocycles. The predicted molar refractivity (Wildman–Crippen MR) is 92.1 cm³/mol. The molecule has 24 heavy (non-hydrogen) atoms. The molecule has 0 unspecified atom stereocenters. The highest BCUT2D eigenvalue weighted by Crippen LogP contribution is 2.30. The lowest BCUT2D eigenvalue weighted by Gasteiger charge is -2.11. The molecule has 0 aromatic heterocycles. The summed E-state index contributed by atoms with van der Waals surface area (Å²) in [6.07, 6.45) is 4.92. The molecule has 2 rings (SSSR count). The number of sulfone groups is 1. The number of esters is 1. The lowest BCUT2D eigenvalue weighted by atomic mass is 10.2. The van der Waals surface area contributed by atoms with E-state index in [-0.39, 0.29) is 16.2 Å². The fourth-order valence-electron chi connectivity index (χ4n) is 2.09. The van der Waals surface area contributed by atoms with Gasteiger partial charge >= 0.3 is 5.97 Å². The molecule has 2 aromatic carbocycles. The normalized spacial score (nSPS) is 11.5. The van der Waals surface area contributed by atoms with Gasteiger partial charge in [0.05, 0.1) is 12.7 Å². The van der Waals surface area contributed by atoms with E-state index in [4.69, 9.17) is 4.74 Å². The number of carbonyl (C=O) groups is 1. The van der Waals surface area contributed by atoms with Gasteiger partial charge in [-0.2, -0.15) is 0 Å². The second-order valence-electron chi connectivity index (χ2n) is 5.10. The standard InChI is InChI=1S/C18H18O5S/c1-4-5-13-6-9-15(10-7-13)23-16-11-8-14(18(19)22-2)12-17(16)24(3,20)21/h4-12H,1-3H3/b5-4-. The van der Waals surface area contributed by atoms with Gasteiger partial charge in [-0.25, -0.2) is 13.2 Å². The molecular formula is C18H18O5S. The minimum absolute atomic E-state index is 0.0667. The van der Waals surface area contributed by atoms with E-state index >= 15 is 0 Å². The van der Waals surface area contributed by atoms with Crippen LogP contribution in [0.3, 0.4) is 0 Å². The molecule has 0 aliphatic rings. The molecular weight excluding hydrogens is 328 g/mol. The molecule has 0 radical (unpaired) electrons. The summed E-state index contributed by atoms with van der Waals surface area (Å²) >= 11 is 0. The number of rotatable bonds is 5. The highest BCUT2D eigenvalue weighted by molar-refractivity contribution is 7.90. The van der Waals surface area contributed by atoms with Crippen LogP contribution in [0.15, 0.2) is 53.4 Å². The fraction of sp³-hybridized carbons (Fsp3) is 0.167. The summed E-state index contributed by atoms with van der Waals surface area (Å²) in [5.41, 5.74) is 1.16. The lowest BCUT2D eigenvalue weighted by Crippen LogP contribution is -2.06. The van der Waals surface area contributed by atoms with Gasteiger partial charge in [0, 0.05) is 6.26 Å². The Balaban J connectivity index is 2.40. The molecule has 0 fully saturated rings. The maximum atomic E-state index is 12.0. The van der Waals surface area contributed by atoms with Crippen molar-refractivity contribution in [2.75, 3.05) is 13.4 Å². The van der Waals surface area contributed by atoms with Crippen molar-refractivity contribution < 1.29 is 22.7 Å². The van der Waals surface area contributed by atoms with Crippen LogP contribution < -0.4 is 4.74 Å². The van der Waals surface area contributed by atoms with Gasteiger partial charge < -0.3 is 9.47 Å². The maximum Gasteiger partial charge on any atom is 0.337 e. The van der Waals surface area contributed by atoms with Crippen LogP contribution in [0.5, 0.6) is 11.5 Å². The number of hydrogen-bond acceptors (Lipinski definition) is 5. The van der Waals surface area contributed by atoms with E-state index in [1.165, 1.54) is 25.3 Å². The Morgan fingerprint density at radius 2 is 1.75 bits per heavy atom. The van der Waals surface area contributed by atoms with Gasteiger partial charge in [0.2, 0.25) is 0 Å². The van der Waals surface area contributed by atoms with Crippen molar-refractivity contribution >= 4 is 21.9 Å². The van der Waals surface area contributed by atoms with Crippen LogP contribution in [0.2, 0.25) is 0 Å². The van der Waals surface area contributed by atoms with Crippen LogP contribution in [0.1, 0.15) is 22.8 Å². The molecule has 0 heterocycles. The summed E-state index contributed by atoms with van der Waals surface area (Å²) in [5.74, 6) is 0.0464. The second kappa shape index (κ2) is 7.31. The number of benzene rings is 2. The summed E-state index contributed by atoms with van der Waals surface area (Å²) in [6, 6.07) is 11.4. The summed E-state index contributed by atoms with van der Waals surface area (Å²) < 4.78 is 34.3. The van der Waals surface area contributed by atoms with Crippen LogP contribution in [-0.2, 0) is 14.6 Å². The van der Waals surface area contributed by atoms with Crippen molar-refractivity contribution in [3.05, 3.63) is 59.7 Å². The monoisotopic (exact) mass is 346 g/mol. The van der Waals surface area contributed by atoms with Crippen LogP contribution in [0.4, 0.5) is 0 Å². The molecule has 5 nitrogen and oxygen atoms in total. The van der Waals surface area contributed by atoms with Crippen molar-refractivity contribution in [3.63, 3.8) is 0 Å². The summed E-state index contributed by atoms with van der Waals surface area (Å²) in [4.78, 5) is 11.5. The molecule has 2 aromatic rings. The first-order valence-corrected chi connectivity index (χ1v) is 9.07. The van der Waals surface area contributed by atoms with Crippen molar-refractivity contribution in [3.8, 4) is 11.5 Å². The zero-order valence-electron chi connectivity index (χ0n) is 13.6. The first-order valence-electron chi connectivity index (χ1n) is 7.18. The molecule has 0 atom stereocenters. The molecule has 0 N–H and O–H groups in total. The highest BCUT2D eigenvalue weighted by atomic mass is 32.2. The van der Waals surface area contributed by atoms with E-state index in [1.807, 2.05) is 31.2 Å². The zero-order chi connectivity index (χ0) is 17.7. The second-order valence-corrected chi connectivity index (χ2v) is 7.08. The SMILES string of the molecule is C/C=C\c1ccc(Oc2ccc(C(=O)OC)cc2S(C)(=O)=O)cc1. The minimum Gasteiger partial charge on any atom is -0.465 e. The highest BCUT2D eigenvalue weighted by Gasteiger charge is 2.18. The van der Waals surface area contributed by atoms with Gasteiger partial charge in [0.1, 0.15) is 16.4 Å². The van der Waals surface area contributed by atoms with Crippen molar-refractivity contribution in [1.29, 1.82) is 0 Å². The van der Waals surface area contributed by atoms with Gasteiger partial charge in [-0.05, 0) is 42.8 Å². The largest absolute Gasteiger partial charge is 0.465 e. The number of methoxy groups -OCH3 is 1. The van der Waals surface area contributed by atoms with Crippen LogP contribution in [-0.4, -0.2) is 27.8 Å². The number of allylic oxidation sites excluding steroid dienone is 1. The first-order chi connectivity index (χ1) is 11.3. The van der Waals surface area contributed by atoms with Crippen molar-refractivity contribution in [1.82, 2.24) is 0 Å². The van der Waals surface area contributed by atoms with E-state index in [0.717, 1.165) is 11.8 Å². The van der Waals surface area contributed by atoms with Crippen molar-refractivity contribution in [2.24, 2.45) is 0 Å². The summed E-state index contributed by atoms with van der Waals surface area (Å²) in [7, 11) is -2.34. The average molecular weight is 346 g/mol. The summed E-state index contributed by atoms with van der Waals surface area (Å²) in [6.45, 7) is 1.92. The Labute approximate surface area is 141 Å². The van der Waals surface area contributed by atoms with E-state index in [2.05, 4.69) is 4.74 Å². The third-order valence-electron chi connectivity index (χ3n) is 3.23.